The molecule has 0 unspecified atom stereocenters. The molecule has 0 amide bonds. The largest absolute Gasteiger partial charge is 0.496 e. The zero-order valence-corrected chi connectivity index (χ0v) is 15.0. The van der Waals surface area contributed by atoms with E-state index in [9.17, 15) is 8.42 Å². The van der Waals surface area contributed by atoms with Crippen molar-refractivity contribution in [3.8, 4) is 5.75 Å². The van der Waals surface area contributed by atoms with Crippen LogP contribution in [0.2, 0.25) is 0 Å². The van der Waals surface area contributed by atoms with Gasteiger partial charge in [0.05, 0.1) is 12.0 Å². The summed E-state index contributed by atoms with van der Waals surface area (Å²) in [5.74, 6) is 0.771. The summed E-state index contributed by atoms with van der Waals surface area (Å²) in [6.45, 7) is 11.4. The molecule has 0 aliphatic carbocycles. The zero-order chi connectivity index (χ0) is 16.5. The highest BCUT2D eigenvalue weighted by atomic mass is 32.2. The molecule has 0 aromatic heterocycles. The molecule has 1 aliphatic rings. The van der Waals surface area contributed by atoms with Crippen LogP contribution in [0, 0.1) is 20.8 Å². The molecule has 124 valence electrons. The number of nitrogens with zero attached hydrogens (tertiary/aromatic N) is 2. The number of aryl methyl sites for hydroxylation is 1. The van der Waals surface area contributed by atoms with Gasteiger partial charge in [-0.25, -0.2) is 8.42 Å². The van der Waals surface area contributed by atoms with Gasteiger partial charge in [0, 0.05) is 26.2 Å². The number of hydrogen-bond donors (Lipinski definition) is 0. The van der Waals surface area contributed by atoms with E-state index >= 15 is 0 Å². The molecule has 0 spiro atoms. The second kappa shape index (κ2) is 6.56. The molecule has 0 atom stereocenters. The molecular formula is C16H26N2O3S. The third-order valence-electron chi connectivity index (χ3n) is 4.58. The molecule has 22 heavy (non-hydrogen) atoms. The number of sulfonamides is 1. The maximum Gasteiger partial charge on any atom is 0.243 e. The first-order valence-corrected chi connectivity index (χ1v) is 9.14. The number of ether oxygens (including phenoxy) is 1. The van der Waals surface area contributed by atoms with Crippen molar-refractivity contribution in [3.63, 3.8) is 0 Å². The molecule has 6 heteroatoms. The van der Waals surface area contributed by atoms with Crippen LogP contribution in [0.15, 0.2) is 11.0 Å². The molecule has 1 heterocycles. The van der Waals surface area contributed by atoms with Gasteiger partial charge in [-0.1, -0.05) is 6.92 Å². The van der Waals surface area contributed by atoms with Crippen LogP contribution in [0.5, 0.6) is 5.75 Å². The maximum absolute atomic E-state index is 13.0. The molecular weight excluding hydrogens is 300 g/mol. The van der Waals surface area contributed by atoms with E-state index in [4.69, 9.17) is 4.74 Å². The van der Waals surface area contributed by atoms with Crippen LogP contribution < -0.4 is 4.74 Å². The second-order valence-corrected chi connectivity index (χ2v) is 7.72. The van der Waals surface area contributed by atoms with Crippen molar-refractivity contribution in [1.82, 2.24) is 9.21 Å². The van der Waals surface area contributed by atoms with Gasteiger partial charge in [0.2, 0.25) is 10.0 Å². The molecule has 5 nitrogen and oxygen atoms in total. The molecule has 1 saturated heterocycles. The topological polar surface area (TPSA) is 49.9 Å². The standard InChI is InChI=1S/C16H26N2O3S/c1-6-17-7-9-18(10-8-17)22(19,20)15-11-12(2)16(21-5)14(4)13(15)3/h11H,6-10H2,1-5H3. The number of methoxy groups -OCH3 is 1. The van der Waals surface area contributed by atoms with E-state index in [-0.39, 0.29) is 0 Å². The predicted octanol–water partition coefficient (Wildman–Crippen LogP) is 1.95. The fourth-order valence-corrected chi connectivity index (χ4v) is 4.82. The second-order valence-electron chi connectivity index (χ2n) is 5.81. The van der Waals surface area contributed by atoms with Gasteiger partial charge in [0.1, 0.15) is 5.75 Å². The summed E-state index contributed by atoms with van der Waals surface area (Å²) >= 11 is 0. The van der Waals surface area contributed by atoms with Gasteiger partial charge in [-0.3, -0.25) is 0 Å². The minimum atomic E-state index is -3.44. The number of rotatable bonds is 4. The first kappa shape index (κ1) is 17.2. The highest BCUT2D eigenvalue weighted by Crippen LogP contribution is 2.32. The quantitative estimate of drug-likeness (QED) is 0.848. The minimum Gasteiger partial charge on any atom is -0.496 e. The minimum absolute atomic E-state index is 0.410. The summed E-state index contributed by atoms with van der Waals surface area (Å²) < 4.78 is 32.9. The highest BCUT2D eigenvalue weighted by molar-refractivity contribution is 7.89. The van der Waals surface area contributed by atoms with E-state index in [1.54, 1.807) is 17.5 Å². The van der Waals surface area contributed by atoms with E-state index in [1.165, 1.54) is 0 Å². The average molecular weight is 326 g/mol. The van der Waals surface area contributed by atoms with Crippen molar-refractivity contribution in [2.24, 2.45) is 0 Å². The smallest absolute Gasteiger partial charge is 0.243 e. The third kappa shape index (κ3) is 3.00. The maximum atomic E-state index is 13.0. The molecule has 0 radical (unpaired) electrons. The summed E-state index contributed by atoms with van der Waals surface area (Å²) in [4.78, 5) is 2.68. The SMILES string of the molecule is CCN1CCN(S(=O)(=O)c2cc(C)c(OC)c(C)c2C)CC1. The van der Waals surface area contributed by atoms with Crippen LogP contribution in [0.25, 0.3) is 0 Å². The molecule has 0 saturated carbocycles. The van der Waals surface area contributed by atoms with E-state index in [1.807, 2.05) is 20.8 Å². The van der Waals surface area contributed by atoms with Crippen molar-refractivity contribution < 1.29 is 13.2 Å². The molecule has 1 aromatic rings. The molecule has 1 aliphatic heterocycles. The molecule has 1 aromatic carbocycles. The number of hydrogen-bond acceptors (Lipinski definition) is 4. The number of likely N-dealkylation sites (N-methyl/N-ethyl adjacent to an activating group) is 1. The molecule has 0 N–H and O–H groups in total. The summed E-state index contributed by atoms with van der Waals surface area (Å²) in [6, 6.07) is 1.74. The average Bonchev–Trinajstić information content (AvgIpc) is 2.51. The molecule has 1 fully saturated rings. The van der Waals surface area contributed by atoms with Gasteiger partial charge in [-0.05, 0) is 50.1 Å². The van der Waals surface area contributed by atoms with Crippen molar-refractivity contribution in [2.75, 3.05) is 39.8 Å². The fraction of sp³-hybridized carbons (Fsp3) is 0.625. The highest BCUT2D eigenvalue weighted by Gasteiger charge is 2.30. The van der Waals surface area contributed by atoms with Crippen LogP contribution in [-0.4, -0.2) is 57.5 Å². The lowest BCUT2D eigenvalue weighted by Gasteiger charge is -2.33. The van der Waals surface area contributed by atoms with Gasteiger partial charge in [0.15, 0.2) is 0 Å². The lowest BCUT2D eigenvalue weighted by atomic mass is 10.1. The van der Waals surface area contributed by atoms with Gasteiger partial charge in [-0.2, -0.15) is 4.31 Å². The molecule has 0 bridgehead atoms. The lowest BCUT2D eigenvalue weighted by Crippen LogP contribution is -2.48. The van der Waals surface area contributed by atoms with Gasteiger partial charge in [0.25, 0.3) is 0 Å². The van der Waals surface area contributed by atoms with E-state index in [0.717, 1.165) is 42.1 Å². The Balaban J connectivity index is 2.39. The Kier molecular flexibility index (Phi) is 5.14. The lowest BCUT2D eigenvalue weighted by molar-refractivity contribution is 0.196. The first-order valence-electron chi connectivity index (χ1n) is 7.70. The fourth-order valence-electron chi connectivity index (χ4n) is 3.03. The van der Waals surface area contributed by atoms with E-state index in [2.05, 4.69) is 11.8 Å². The normalized spacial score (nSPS) is 17.7. The van der Waals surface area contributed by atoms with E-state index in [0.29, 0.717) is 18.0 Å². The van der Waals surface area contributed by atoms with Crippen molar-refractivity contribution in [2.45, 2.75) is 32.6 Å². The Morgan fingerprint density at radius 2 is 1.68 bits per heavy atom. The van der Waals surface area contributed by atoms with Crippen LogP contribution >= 0.6 is 0 Å². The first-order chi connectivity index (χ1) is 10.3. The molecule has 2 rings (SSSR count). The third-order valence-corrected chi connectivity index (χ3v) is 6.60. The predicted molar refractivity (Wildman–Crippen MR) is 88.1 cm³/mol. The van der Waals surface area contributed by atoms with Crippen LogP contribution in [0.3, 0.4) is 0 Å². The Morgan fingerprint density at radius 3 is 2.18 bits per heavy atom. The van der Waals surface area contributed by atoms with Crippen molar-refractivity contribution >= 4 is 10.0 Å². The Morgan fingerprint density at radius 1 is 1.09 bits per heavy atom. The van der Waals surface area contributed by atoms with Gasteiger partial charge in [-0.15, -0.1) is 0 Å². The number of benzene rings is 1. The van der Waals surface area contributed by atoms with E-state index < -0.39 is 10.0 Å². The van der Waals surface area contributed by atoms with Crippen LogP contribution in [0.1, 0.15) is 23.6 Å². The van der Waals surface area contributed by atoms with Crippen LogP contribution in [-0.2, 0) is 10.0 Å². The summed E-state index contributed by atoms with van der Waals surface area (Å²) in [5.41, 5.74) is 2.53. The Labute approximate surface area is 133 Å². The Bertz CT molecular complexity index is 648. The van der Waals surface area contributed by atoms with Crippen molar-refractivity contribution in [1.29, 1.82) is 0 Å². The summed E-state index contributed by atoms with van der Waals surface area (Å²) in [7, 11) is -1.83. The van der Waals surface area contributed by atoms with Gasteiger partial charge >= 0.3 is 0 Å². The zero-order valence-electron chi connectivity index (χ0n) is 14.1. The Hall–Kier alpha value is -1.11. The number of piperazine rings is 1. The monoisotopic (exact) mass is 326 g/mol. The van der Waals surface area contributed by atoms with Gasteiger partial charge < -0.3 is 9.64 Å². The summed E-state index contributed by atoms with van der Waals surface area (Å²) in [5, 5.41) is 0. The summed E-state index contributed by atoms with van der Waals surface area (Å²) in [6.07, 6.45) is 0. The van der Waals surface area contributed by atoms with Crippen molar-refractivity contribution in [3.05, 3.63) is 22.8 Å². The van der Waals surface area contributed by atoms with Crippen LogP contribution in [0.4, 0.5) is 0 Å².